The van der Waals surface area contributed by atoms with E-state index in [1.165, 1.54) is 0 Å². The van der Waals surface area contributed by atoms with Gasteiger partial charge in [-0.15, -0.1) is 0 Å². The van der Waals surface area contributed by atoms with Crippen molar-refractivity contribution in [3.63, 3.8) is 0 Å². The van der Waals surface area contributed by atoms with Crippen LogP contribution >= 0.6 is 11.6 Å². The molecule has 1 aromatic rings. The SMILES string of the molecule is CN(C(=O)OC(C)(C)C)C1CCCN(c2ncc(Cl)cn2)C1. The molecule has 2 heterocycles. The summed E-state index contributed by atoms with van der Waals surface area (Å²) in [6.07, 6.45) is 4.80. The van der Waals surface area contributed by atoms with Crippen LogP contribution in [0.25, 0.3) is 0 Å². The lowest BCUT2D eigenvalue weighted by Crippen LogP contribution is -2.50. The highest BCUT2D eigenvalue weighted by atomic mass is 35.5. The molecule has 1 aliphatic heterocycles. The molecule has 0 radical (unpaired) electrons. The summed E-state index contributed by atoms with van der Waals surface area (Å²) in [5.74, 6) is 0.645. The molecule has 1 aromatic heterocycles. The van der Waals surface area contributed by atoms with Gasteiger partial charge in [-0.25, -0.2) is 14.8 Å². The van der Waals surface area contributed by atoms with E-state index in [0.717, 1.165) is 19.4 Å². The highest BCUT2D eigenvalue weighted by Gasteiger charge is 2.29. The van der Waals surface area contributed by atoms with Gasteiger partial charge in [0.1, 0.15) is 5.60 Å². The Labute approximate surface area is 136 Å². The number of aromatic nitrogens is 2. The maximum atomic E-state index is 12.2. The van der Waals surface area contributed by atoms with Crippen LogP contribution in [0.1, 0.15) is 33.6 Å². The average Bonchev–Trinajstić information content (AvgIpc) is 2.45. The molecule has 0 aromatic carbocycles. The number of rotatable bonds is 2. The second kappa shape index (κ2) is 6.69. The average molecular weight is 327 g/mol. The number of carbonyl (C=O) groups is 1. The van der Waals surface area contributed by atoms with Crippen molar-refractivity contribution in [3.05, 3.63) is 17.4 Å². The fraction of sp³-hybridized carbons (Fsp3) is 0.667. The van der Waals surface area contributed by atoms with Crippen LogP contribution in [0.3, 0.4) is 0 Å². The first kappa shape index (κ1) is 16.8. The second-order valence-corrected chi connectivity index (χ2v) is 6.97. The first-order valence-electron chi connectivity index (χ1n) is 7.44. The minimum absolute atomic E-state index is 0.0860. The molecule has 22 heavy (non-hydrogen) atoms. The van der Waals surface area contributed by atoms with Crippen LogP contribution in [0.4, 0.5) is 10.7 Å². The molecule has 0 N–H and O–H groups in total. The highest BCUT2D eigenvalue weighted by Crippen LogP contribution is 2.21. The van der Waals surface area contributed by atoms with E-state index >= 15 is 0 Å². The fourth-order valence-corrected chi connectivity index (χ4v) is 2.50. The third-order valence-electron chi connectivity index (χ3n) is 3.52. The lowest BCUT2D eigenvalue weighted by molar-refractivity contribution is 0.0209. The minimum Gasteiger partial charge on any atom is -0.444 e. The summed E-state index contributed by atoms with van der Waals surface area (Å²) in [4.78, 5) is 24.4. The Morgan fingerprint density at radius 2 is 2.05 bits per heavy atom. The summed E-state index contributed by atoms with van der Waals surface area (Å²) >= 11 is 5.82. The van der Waals surface area contributed by atoms with Gasteiger partial charge in [0.2, 0.25) is 5.95 Å². The van der Waals surface area contributed by atoms with E-state index in [1.54, 1.807) is 24.3 Å². The molecule has 0 bridgehead atoms. The molecule has 7 heteroatoms. The molecule has 2 rings (SSSR count). The quantitative estimate of drug-likeness (QED) is 0.836. The van der Waals surface area contributed by atoms with E-state index in [2.05, 4.69) is 14.9 Å². The molecule has 1 saturated heterocycles. The highest BCUT2D eigenvalue weighted by molar-refractivity contribution is 6.30. The van der Waals surface area contributed by atoms with Gasteiger partial charge in [-0.3, -0.25) is 0 Å². The zero-order valence-corrected chi connectivity index (χ0v) is 14.3. The van der Waals surface area contributed by atoms with Crippen molar-refractivity contribution < 1.29 is 9.53 Å². The lowest BCUT2D eigenvalue weighted by Gasteiger charge is -2.38. The fourth-order valence-electron chi connectivity index (χ4n) is 2.40. The number of hydrogen-bond donors (Lipinski definition) is 0. The predicted octanol–water partition coefficient (Wildman–Crippen LogP) is 2.97. The summed E-state index contributed by atoms with van der Waals surface area (Å²) in [6, 6.07) is 0.0860. The van der Waals surface area contributed by atoms with Gasteiger partial charge in [-0.2, -0.15) is 0 Å². The maximum absolute atomic E-state index is 12.2. The minimum atomic E-state index is -0.487. The van der Waals surface area contributed by atoms with Crippen LogP contribution < -0.4 is 4.90 Å². The van der Waals surface area contributed by atoms with Gasteiger partial charge >= 0.3 is 6.09 Å². The number of anilines is 1. The Bertz CT molecular complexity index is 515. The normalized spacial score (nSPS) is 19.0. The molecule has 0 saturated carbocycles. The van der Waals surface area contributed by atoms with Gasteiger partial charge in [0.25, 0.3) is 0 Å². The molecule has 1 atom stereocenters. The number of nitrogens with zero attached hydrogens (tertiary/aromatic N) is 4. The number of halogens is 1. The first-order valence-corrected chi connectivity index (χ1v) is 7.82. The summed E-state index contributed by atoms with van der Waals surface area (Å²) in [5, 5.41) is 0.517. The number of ether oxygens (including phenoxy) is 1. The Morgan fingerprint density at radius 3 is 2.64 bits per heavy atom. The molecule has 0 aliphatic carbocycles. The van der Waals surface area contributed by atoms with Crippen molar-refractivity contribution in [1.82, 2.24) is 14.9 Å². The molecular formula is C15H23ClN4O2. The Hall–Kier alpha value is -1.56. The third-order valence-corrected chi connectivity index (χ3v) is 3.71. The third kappa shape index (κ3) is 4.47. The summed E-state index contributed by atoms with van der Waals surface area (Å²) in [5.41, 5.74) is -0.487. The van der Waals surface area contributed by atoms with Crippen LogP contribution in [-0.4, -0.2) is 52.7 Å². The number of likely N-dealkylation sites (N-methyl/N-ethyl adjacent to an activating group) is 1. The van der Waals surface area contributed by atoms with Crippen molar-refractivity contribution in [2.24, 2.45) is 0 Å². The van der Waals surface area contributed by atoms with E-state index in [1.807, 2.05) is 20.8 Å². The van der Waals surface area contributed by atoms with Gasteiger partial charge < -0.3 is 14.5 Å². The lowest BCUT2D eigenvalue weighted by atomic mass is 10.1. The zero-order valence-electron chi connectivity index (χ0n) is 13.5. The number of carbonyl (C=O) groups excluding carboxylic acids is 1. The molecule has 1 aliphatic rings. The summed E-state index contributed by atoms with van der Waals surface area (Å²) < 4.78 is 5.43. The van der Waals surface area contributed by atoms with Crippen molar-refractivity contribution in [3.8, 4) is 0 Å². The standard InChI is InChI=1S/C15H23ClN4O2/c1-15(2,3)22-14(21)19(4)12-6-5-7-20(10-12)13-17-8-11(16)9-18-13/h8-9,12H,5-7,10H2,1-4H3. The van der Waals surface area contributed by atoms with Gasteiger partial charge in [0.05, 0.1) is 23.5 Å². The molecule has 0 spiro atoms. The van der Waals surface area contributed by atoms with Gasteiger partial charge in [-0.05, 0) is 33.6 Å². The van der Waals surface area contributed by atoms with E-state index in [-0.39, 0.29) is 12.1 Å². The van der Waals surface area contributed by atoms with Crippen LogP contribution in [0.5, 0.6) is 0 Å². The Balaban J connectivity index is 2.00. The summed E-state index contributed by atoms with van der Waals surface area (Å²) in [7, 11) is 1.78. The molecule has 1 unspecified atom stereocenters. The van der Waals surface area contributed by atoms with E-state index < -0.39 is 5.60 Å². The Kier molecular flexibility index (Phi) is 5.11. The van der Waals surface area contributed by atoms with Crippen molar-refractivity contribution in [2.45, 2.75) is 45.3 Å². The van der Waals surface area contributed by atoms with Crippen LogP contribution in [0.15, 0.2) is 12.4 Å². The number of amides is 1. The van der Waals surface area contributed by atoms with Crippen LogP contribution in [0.2, 0.25) is 5.02 Å². The van der Waals surface area contributed by atoms with Gasteiger partial charge in [-0.1, -0.05) is 11.6 Å². The zero-order chi connectivity index (χ0) is 16.3. The predicted molar refractivity (Wildman–Crippen MR) is 86.3 cm³/mol. The number of hydrogen-bond acceptors (Lipinski definition) is 5. The van der Waals surface area contributed by atoms with Crippen molar-refractivity contribution >= 4 is 23.6 Å². The van der Waals surface area contributed by atoms with Gasteiger partial charge in [0, 0.05) is 20.1 Å². The van der Waals surface area contributed by atoms with Gasteiger partial charge in [0.15, 0.2) is 0 Å². The molecule has 122 valence electrons. The second-order valence-electron chi connectivity index (χ2n) is 6.53. The molecule has 1 amide bonds. The molecular weight excluding hydrogens is 304 g/mol. The topological polar surface area (TPSA) is 58.6 Å². The van der Waals surface area contributed by atoms with Crippen molar-refractivity contribution in [1.29, 1.82) is 0 Å². The van der Waals surface area contributed by atoms with E-state index in [0.29, 0.717) is 17.5 Å². The molecule has 6 nitrogen and oxygen atoms in total. The Morgan fingerprint density at radius 1 is 1.41 bits per heavy atom. The van der Waals surface area contributed by atoms with E-state index in [4.69, 9.17) is 16.3 Å². The van der Waals surface area contributed by atoms with Crippen LogP contribution in [0, 0.1) is 0 Å². The monoisotopic (exact) mass is 326 g/mol. The number of piperidine rings is 1. The van der Waals surface area contributed by atoms with Crippen molar-refractivity contribution in [2.75, 3.05) is 25.0 Å². The first-order chi connectivity index (χ1) is 10.3. The van der Waals surface area contributed by atoms with Crippen LogP contribution in [-0.2, 0) is 4.74 Å². The molecule has 1 fully saturated rings. The maximum Gasteiger partial charge on any atom is 0.410 e. The smallest absolute Gasteiger partial charge is 0.410 e. The van der Waals surface area contributed by atoms with E-state index in [9.17, 15) is 4.79 Å². The largest absolute Gasteiger partial charge is 0.444 e. The summed E-state index contributed by atoms with van der Waals surface area (Å²) in [6.45, 7) is 7.17.